The standard InChI is InChI=1S/C15H16FN3O/c1-19(13-7-4-6-12(16)9-13)10-11-5-2-3-8-14(11)15(20)18-17/h2-9H,10,17H2,1H3,(H,18,20). The summed E-state index contributed by atoms with van der Waals surface area (Å²) in [5, 5.41) is 0. The highest BCUT2D eigenvalue weighted by atomic mass is 19.1. The molecule has 2 aromatic rings. The quantitative estimate of drug-likeness (QED) is 0.509. The van der Waals surface area contributed by atoms with Gasteiger partial charge in [0.25, 0.3) is 5.91 Å². The molecule has 2 rings (SSSR count). The molecule has 0 aromatic heterocycles. The van der Waals surface area contributed by atoms with E-state index >= 15 is 0 Å². The summed E-state index contributed by atoms with van der Waals surface area (Å²) in [4.78, 5) is 13.6. The first kappa shape index (κ1) is 14.0. The number of carbonyl (C=O) groups is 1. The summed E-state index contributed by atoms with van der Waals surface area (Å²) in [6.07, 6.45) is 0. The number of anilines is 1. The van der Waals surface area contributed by atoms with Crippen LogP contribution in [0.4, 0.5) is 10.1 Å². The molecule has 0 aliphatic rings. The summed E-state index contributed by atoms with van der Waals surface area (Å²) in [6, 6.07) is 13.5. The molecular formula is C15H16FN3O. The molecule has 0 bridgehead atoms. The van der Waals surface area contributed by atoms with E-state index in [-0.39, 0.29) is 11.7 Å². The highest BCUT2D eigenvalue weighted by Gasteiger charge is 2.11. The average Bonchev–Trinajstić information content (AvgIpc) is 2.47. The zero-order valence-corrected chi connectivity index (χ0v) is 11.1. The molecule has 0 radical (unpaired) electrons. The minimum Gasteiger partial charge on any atom is -0.370 e. The third-order valence-electron chi connectivity index (χ3n) is 3.05. The van der Waals surface area contributed by atoms with Gasteiger partial charge in [0.2, 0.25) is 0 Å². The highest BCUT2D eigenvalue weighted by molar-refractivity contribution is 5.95. The third-order valence-corrected chi connectivity index (χ3v) is 3.05. The molecule has 0 fully saturated rings. The van der Waals surface area contributed by atoms with Crippen LogP contribution in [0.3, 0.4) is 0 Å². The van der Waals surface area contributed by atoms with Crippen LogP contribution < -0.4 is 16.2 Å². The smallest absolute Gasteiger partial charge is 0.265 e. The maximum absolute atomic E-state index is 13.2. The van der Waals surface area contributed by atoms with E-state index in [2.05, 4.69) is 5.43 Å². The number of hydrazine groups is 1. The van der Waals surface area contributed by atoms with E-state index in [9.17, 15) is 9.18 Å². The molecule has 3 N–H and O–H groups in total. The number of hydrogen-bond acceptors (Lipinski definition) is 3. The predicted octanol–water partition coefficient (Wildman–Crippen LogP) is 2.07. The number of nitrogens with two attached hydrogens (primary N) is 1. The summed E-state index contributed by atoms with van der Waals surface area (Å²) in [5.74, 6) is 4.54. The molecular weight excluding hydrogens is 257 g/mol. The highest BCUT2D eigenvalue weighted by Crippen LogP contribution is 2.18. The molecule has 1 amide bonds. The normalized spacial score (nSPS) is 10.2. The van der Waals surface area contributed by atoms with Crippen molar-refractivity contribution in [3.8, 4) is 0 Å². The van der Waals surface area contributed by atoms with Gasteiger partial charge in [-0.05, 0) is 29.8 Å². The van der Waals surface area contributed by atoms with Gasteiger partial charge in [-0.3, -0.25) is 10.2 Å². The first-order chi connectivity index (χ1) is 9.61. The molecule has 0 heterocycles. The van der Waals surface area contributed by atoms with Crippen molar-refractivity contribution in [2.45, 2.75) is 6.54 Å². The van der Waals surface area contributed by atoms with Crippen LogP contribution in [0.5, 0.6) is 0 Å². The van der Waals surface area contributed by atoms with E-state index in [0.717, 1.165) is 11.3 Å². The maximum atomic E-state index is 13.2. The average molecular weight is 273 g/mol. The molecule has 104 valence electrons. The van der Waals surface area contributed by atoms with Gasteiger partial charge in [0, 0.05) is 24.8 Å². The molecule has 0 aliphatic heterocycles. The van der Waals surface area contributed by atoms with E-state index in [1.807, 2.05) is 30.1 Å². The fourth-order valence-electron chi connectivity index (χ4n) is 2.02. The number of hydrogen-bond donors (Lipinski definition) is 2. The molecule has 0 spiro atoms. The molecule has 0 aliphatic carbocycles. The molecule has 4 nitrogen and oxygen atoms in total. The Morgan fingerprint density at radius 3 is 2.70 bits per heavy atom. The van der Waals surface area contributed by atoms with Crippen LogP contribution in [0.1, 0.15) is 15.9 Å². The van der Waals surface area contributed by atoms with Crippen LogP contribution in [-0.4, -0.2) is 13.0 Å². The van der Waals surface area contributed by atoms with Gasteiger partial charge in [0.15, 0.2) is 0 Å². The lowest BCUT2D eigenvalue weighted by molar-refractivity contribution is 0.0952. The SMILES string of the molecule is CN(Cc1ccccc1C(=O)NN)c1cccc(F)c1. The lowest BCUT2D eigenvalue weighted by Gasteiger charge is -2.20. The Bertz CT molecular complexity index is 616. The van der Waals surface area contributed by atoms with Crippen LogP contribution >= 0.6 is 0 Å². The van der Waals surface area contributed by atoms with E-state index in [4.69, 9.17) is 5.84 Å². The lowest BCUT2D eigenvalue weighted by Crippen LogP contribution is -2.31. The summed E-state index contributed by atoms with van der Waals surface area (Å²) in [5.41, 5.74) is 4.20. The number of halogens is 1. The molecule has 20 heavy (non-hydrogen) atoms. The van der Waals surface area contributed by atoms with Gasteiger partial charge in [-0.1, -0.05) is 24.3 Å². The van der Waals surface area contributed by atoms with Crippen molar-refractivity contribution >= 4 is 11.6 Å². The third kappa shape index (κ3) is 3.13. The van der Waals surface area contributed by atoms with Gasteiger partial charge in [0.05, 0.1) is 0 Å². The van der Waals surface area contributed by atoms with Gasteiger partial charge in [-0.25, -0.2) is 10.2 Å². The number of amides is 1. The van der Waals surface area contributed by atoms with E-state index < -0.39 is 0 Å². The van der Waals surface area contributed by atoms with Crippen molar-refractivity contribution in [1.29, 1.82) is 0 Å². The minimum atomic E-state index is -0.340. The molecule has 0 saturated heterocycles. The molecule has 0 saturated carbocycles. The molecule has 0 unspecified atom stereocenters. The summed E-state index contributed by atoms with van der Waals surface area (Å²) in [6.45, 7) is 0.479. The lowest BCUT2D eigenvalue weighted by atomic mass is 10.1. The first-order valence-electron chi connectivity index (χ1n) is 6.17. The largest absolute Gasteiger partial charge is 0.370 e. The van der Waals surface area contributed by atoms with Gasteiger partial charge >= 0.3 is 0 Å². The number of carbonyl (C=O) groups excluding carboxylic acids is 1. The van der Waals surface area contributed by atoms with Crippen LogP contribution in [-0.2, 0) is 6.54 Å². The summed E-state index contributed by atoms with van der Waals surface area (Å²) in [7, 11) is 1.84. The second kappa shape index (κ2) is 6.16. The Hall–Kier alpha value is -2.40. The van der Waals surface area contributed by atoms with E-state index in [1.54, 1.807) is 18.2 Å². The number of rotatable bonds is 4. The number of nitrogens with zero attached hydrogens (tertiary/aromatic N) is 1. The molecule has 0 atom stereocenters. The first-order valence-corrected chi connectivity index (χ1v) is 6.17. The second-order valence-electron chi connectivity index (χ2n) is 4.47. The Kier molecular flexibility index (Phi) is 4.32. The summed E-state index contributed by atoms with van der Waals surface area (Å²) >= 11 is 0. The van der Waals surface area contributed by atoms with Crippen LogP contribution in [0.2, 0.25) is 0 Å². The Balaban J connectivity index is 2.24. The van der Waals surface area contributed by atoms with E-state index in [1.165, 1.54) is 12.1 Å². The fraction of sp³-hybridized carbons (Fsp3) is 0.133. The topological polar surface area (TPSA) is 58.4 Å². The van der Waals surface area contributed by atoms with Crippen molar-refractivity contribution in [2.24, 2.45) is 5.84 Å². The number of nitrogens with one attached hydrogen (secondary N) is 1. The van der Waals surface area contributed by atoms with E-state index in [0.29, 0.717) is 12.1 Å². The minimum absolute atomic E-state index is 0.290. The zero-order chi connectivity index (χ0) is 14.5. The Morgan fingerprint density at radius 2 is 2.00 bits per heavy atom. The van der Waals surface area contributed by atoms with Gasteiger partial charge < -0.3 is 4.90 Å². The predicted molar refractivity (Wildman–Crippen MR) is 76.6 cm³/mol. The Labute approximate surface area is 117 Å². The van der Waals surface area contributed by atoms with Crippen molar-refractivity contribution in [3.05, 3.63) is 65.5 Å². The fourth-order valence-corrected chi connectivity index (χ4v) is 2.02. The number of benzene rings is 2. The molecule has 2 aromatic carbocycles. The van der Waals surface area contributed by atoms with Crippen molar-refractivity contribution < 1.29 is 9.18 Å². The van der Waals surface area contributed by atoms with Gasteiger partial charge in [-0.2, -0.15) is 0 Å². The van der Waals surface area contributed by atoms with Gasteiger partial charge in [-0.15, -0.1) is 0 Å². The van der Waals surface area contributed by atoms with Crippen LogP contribution in [0.15, 0.2) is 48.5 Å². The number of nitrogen functional groups attached to an aromatic ring is 1. The van der Waals surface area contributed by atoms with Crippen LogP contribution in [0, 0.1) is 5.82 Å². The van der Waals surface area contributed by atoms with Crippen molar-refractivity contribution in [3.63, 3.8) is 0 Å². The molecule has 5 heteroatoms. The van der Waals surface area contributed by atoms with Gasteiger partial charge in [0.1, 0.15) is 5.82 Å². The maximum Gasteiger partial charge on any atom is 0.265 e. The second-order valence-corrected chi connectivity index (χ2v) is 4.47. The zero-order valence-electron chi connectivity index (χ0n) is 11.1. The summed E-state index contributed by atoms with van der Waals surface area (Å²) < 4.78 is 13.2. The van der Waals surface area contributed by atoms with Crippen molar-refractivity contribution in [2.75, 3.05) is 11.9 Å². The van der Waals surface area contributed by atoms with Crippen LogP contribution in [0.25, 0.3) is 0 Å². The Morgan fingerprint density at radius 1 is 1.25 bits per heavy atom. The van der Waals surface area contributed by atoms with Crippen molar-refractivity contribution in [1.82, 2.24) is 5.43 Å². The monoisotopic (exact) mass is 273 g/mol.